The number of nitrogens with zero attached hydrogens (tertiary/aromatic N) is 2. The van der Waals surface area contributed by atoms with Crippen molar-refractivity contribution >= 4 is 11.7 Å². The van der Waals surface area contributed by atoms with Crippen molar-refractivity contribution in [2.45, 2.75) is 13.0 Å². The fraction of sp³-hybridized carbons (Fsp3) is 0.133. The third-order valence-electron chi connectivity index (χ3n) is 2.50. The summed E-state index contributed by atoms with van der Waals surface area (Å²) in [5.74, 6) is 0. The Hall–Kier alpha value is -2.18. The van der Waals surface area contributed by atoms with Crippen LogP contribution in [-0.2, 0) is 0 Å². The van der Waals surface area contributed by atoms with Gasteiger partial charge in [0.15, 0.2) is 0 Å². The van der Waals surface area contributed by atoms with E-state index in [-0.39, 0.29) is 6.04 Å². The molecular formula is C15H14N2. The molecule has 84 valence electrons. The Morgan fingerprint density at radius 3 is 2.76 bits per heavy atom. The van der Waals surface area contributed by atoms with Crippen molar-refractivity contribution in [2.24, 2.45) is 9.98 Å². The fourth-order valence-electron chi connectivity index (χ4n) is 1.58. The maximum absolute atomic E-state index is 4.31. The minimum absolute atomic E-state index is 0.0393. The van der Waals surface area contributed by atoms with Crippen molar-refractivity contribution in [3.05, 3.63) is 66.3 Å². The minimum Gasteiger partial charge on any atom is -0.213 e. The Labute approximate surface area is 101 Å². The fourth-order valence-corrected chi connectivity index (χ4v) is 1.58. The molecule has 0 aromatic heterocycles. The third-order valence-corrected chi connectivity index (χ3v) is 2.50. The van der Waals surface area contributed by atoms with E-state index >= 15 is 0 Å². The van der Waals surface area contributed by atoms with Crippen LogP contribution in [0, 0.1) is 0 Å². The third kappa shape index (κ3) is 3.13. The molecule has 0 N–H and O–H groups in total. The van der Waals surface area contributed by atoms with E-state index in [9.17, 15) is 0 Å². The molecule has 17 heavy (non-hydrogen) atoms. The molecule has 1 aliphatic carbocycles. The monoisotopic (exact) mass is 222 g/mol. The van der Waals surface area contributed by atoms with Gasteiger partial charge in [0.05, 0.1) is 11.7 Å². The zero-order chi connectivity index (χ0) is 11.9. The lowest BCUT2D eigenvalue weighted by Crippen LogP contribution is -2.04. The first-order chi connectivity index (χ1) is 8.40. The van der Waals surface area contributed by atoms with Crippen molar-refractivity contribution < 1.29 is 0 Å². The van der Waals surface area contributed by atoms with Gasteiger partial charge in [-0.2, -0.15) is 4.99 Å². The van der Waals surface area contributed by atoms with Crippen LogP contribution in [0.25, 0.3) is 0 Å². The van der Waals surface area contributed by atoms with Gasteiger partial charge >= 0.3 is 0 Å². The number of allylic oxidation sites excluding steroid dienone is 3. The molecule has 0 spiro atoms. The highest BCUT2D eigenvalue weighted by Gasteiger charge is 2.06. The highest BCUT2D eigenvalue weighted by atomic mass is 14.8. The molecule has 0 fully saturated rings. The average molecular weight is 222 g/mol. The quantitative estimate of drug-likeness (QED) is 0.677. The van der Waals surface area contributed by atoms with E-state index in [1.807, 2.05) is 55.5 Å². The summed E-state index contributed by atoms with van der Waals surface area (Å²) in [6.07, 6.45) is 10.1. The van der Waals surface area contributed by atoms with Gasteiger partial charge in [-0.05, 0) is 24.6 Å². The molecule has 1 aromatic carbocycles. The second-order valence-electron chi connectivity index (χ2n) is 3.65. The second-order valence-corrected chi connectivity index (χ2v) is 3.65. The van der Waals surface area contributed by atoms with Crippen LogP contribution in [0.1, 0.15) is 6.92 Å². The summed E-state index contributed by atoms with van der Waals surface area (Å²) in [5, 5.41) is 0. The number of rotatable bonds is 2. The van der Waals surface area contributed by atoms with E-state index in [1.165, 1.54) is 5.57 Å². The van der Waals surface area contributed by atoms with E-state index in [4.69, 9.17) is 0 Å². The van der Waals surface area contributed by atoms with Crippen molar-refractivity contribution in [3.8, 4) is 0 Å². The zero-order valence-corrected chi connectivity index (χ0v) is 9.75. The molecule has 1 aromatic rings. The lowest BCUT2D eigenvalue weighted by molar-refractivity contribution is 0.974. The number of hydrogen-bond donors (Lipinski definition) is 0. The molecule has 2 rings (SSSR count). The first-order valence-electron chi connectivity index (χ1n) is 5.62. The lowest BCUT2D eigenvalue weighted by atomic mass is 10.0. The normalized spacial score (nSPS) is 20.1. The molecule has 2 heteroatoms. The van der Waals surface area contributed by atoms with Crippen LogP contribution in [0.15, 0.2) is 76.3 Å². The predicted molar refractivity (Wildman–Crippen MR) is 71.8 cm³/mol. The van der Waals surface area contributed by atoms with E-state index in [0.29, 0.717) is 0 Å². The van der Waals surface area contributed by atoms with Gasteiger partial charge in [0.1, 0.15) is 6.04 Å². The molecule has 0 heterocycles. The van der Waals surface area contributed by atoms with Crippen LogP contribution in [-0.4, -0.2) is 12.1 Å². The van der Waals surface area contributed by atoms with Gasteiger partial charge in [0, 0.05) is 0 Å². The summed E-state index contributed by atoms with van der Waals surface area (Å²) in [6.45, 7) is 2.01. The van der Waals surface area contributed by atoms with Gasteiger partial charge < -0.3 is 0 Å². The van der Waals surface area contributed by atoms with Crippen molar-refractivity contribution in [2.75, 3.05) is 0 Å². The summed E-state index contributed by atoms with van der Waals surface area (Å²) < 4.78 is 0. The highest BCUT2D eigenvalue weighted by Crippen LogP contribution is 2.14. The van der Waals surface area contributed by atoms with E-state index in [2.05, 4.69) is 28.1 Å². The summed E-state index contributed by atoms with van der Waals surface area (Å²) in [6, 6.07) is 12.5. The summed E-state index contributed by atoms with van der Waals surface area (Å²) in [5.41, 5.74) is 2.04. The van der Waals surface area contributed by atoms with Crippen molar-refractivity contribution in [1.29, 1.82) is 0 Å². The van der Waals surface area contributed by atoms with Crippen LogP contribution in [0.4, 0.5) is 5.69 Å². The zero-order valence-electron chi connectivity index (χ0n) is 9.75. The van der Waals surface area contributed by atoms with E-state index < -0.39 is 0 Å². The SMILES string of the molecule is CC=C1C=CC=CC1N=C=Nc1ccccc1. The topological polar surface area (TPSA) is 24.7 Å². The number of para-hydroxylation sites is 1. The molecular weight excluding hydrogens is 208 g/mol. The van der Waals surface area contributed by atoms with Crippen molar-refractivity contribution in [3.63, 3.8) is 0 Å². The Morgan fingerprint density at radius 2 is 2.00 bits per heavy atom. The van der Waals surface area contributed by atoms with Gasteiger partial charge in [0.2, 0.25) is 0 Å². The Morgan fingerprint density at radius 1 is 1.18 bits per heavy atom. The van der Waals surface area contributed by atoms with Gasteiger partial charge in [-0.25, -0.2) is 4.99 Å². The second kappa shape index (κ2) is 5.78. The Balaban J connectivity index is 2.13. The molecule has 1 atom stereocenters. The summed E-state index contributed by atoms with van der Waals surface area (Å²) in [4.78, 5) is 8.47. The number of benzene rings is 1. The summed E-state index contributed by atoms with van der Waals surface area (Å²) >= 11 is 0. The van der Waals surface area contributed by atoms with Crippen LogP contribution < -0.4 is 0 Å². The first kappa shape index (κ1) is 11.3. The standard InChI is InChI=1S/C15H14N2/c1-2-13-8-6-7-11-15(13)17-12-16-14-9-4-3-5-10-14/h2-11,15H,1H3. The molecule has 0 bridgehead atoms. The molecule has 0 radical (unpaired) electrons. The van der Waals surface area contributed by atoms with Gasteiger partial charge in [0.25, 0.3) is 0 Å². The number of aliphatic imine (C=N–C) groups is 2. The van der Waals surface area contributed by atoms with Crippen LogP contribution in [0.3, 0.4) is 0 Å². The van der Waals surface area contributed by atoms with Crippen LogP contribution in [0.2, 0.25) is 0 Å². The minimum atomic E-state index is 0.0393. The smallest absolute Gasteiger partial charge is 0.104 e. The molecule has 1 unspecified atom stereocenters. The molecule has 0 saturated heterocycles. The lowest BCUT2D eigenvalue weighted by Gasteiger charge is -2.09. The highest BCUT2D eigenvalue weighted by molar-refractivity contribution is 5.53. The van der Waals surface area contributed by atoms with Crippen molar-refractivity contribution in [1.82, 2.24) is 0 Å². The molecule has 0 aliphatic heterocycles. The summed E-state index contributed by atoms with van der Waals surface area (Å²) in [7, 11) is 0. The molecule has 0 saturated carbocycles. The Kier molecular flexibility index (Phi) is 3.85. The maximum Gasteiger partial charge on any atom is 0.104 e. The van der Waals surface area contributed by atoms with E-state index in [0.717, 1.165) is 5.69 Å². The van der Waals surface area contributed by atoms with Gasteiger partial charge in [-0.15, -0.1) is 0 Å². The largest absolute Gasteiger partial charge is 0.213 e. The van der Waals surface area contributed by atoms with Gasteiger partial charge in [-0.3, -0.25) is 0 Å². The van der Waals surface area contributed by atoms with E-state index in [1.54, 1.807) is 0 Å². The molecule has 1 aliphatic rings. The predicted octanol–water partition coefficient (Wildman–Crippen LogP) is 3.93. The number of hydrogen-bond acceptors (Lipinski definition) is 2. The molecule has 2 nitrogen and oxygen atoms in total. The maximum atomic E-state index is 4.31. The first-order valence-corrected chi connectivity index (χ1v) is 5.62. The Bertz CT molecular complexity index is 515. The van der Waals surface area contributed by atoms with Crippen LogP contribution >= 0.6 is 0 Å². The van der Waals surface area contributed by atoms with Gasteiger partial charge in [-0.1, -0.05) is 48.6 Å². The van der Waals surface area contributed by atoms with Crippen LogP contribution in [0.5, 0.6) is 0 Å². The molecule has 0 amide bonds. The average Bonchev–Trinajstić information content (AvgIpc) is 2.40.